The number of nitrogens with zero attached hydrogens (tertiary/aromatic N) is 4. The predicted octanol–water partition coefficient (Wildman–Crippen LogP) is 3.72. The molecule has 0 spiro atoms. The van der Waals surface area contributed by atoms with E-state index >= 15 is 0 Å². The maximum atomic E-state index is 5.94. The number of benzene rings is 1. The lowest BCUT2D eigenvalue weighted by Crippen LogP contribution is -2.30. The second-order valence-electron chi connectivity index (χ2n) is 5.22. The van der Waals surface area contributed by atoms with Crippen LogP contribution in [0.1, 0.15) is 16.3 Å². The van der Waals surface area contributed by atoms with Gasteiger partial charge in [-0.1, -0.05) is 28.1 Å². The van der Waals surface area contributed by atoms with Gasteiger partial charge in [0.05, 0.1) is 6.54 Å². The number of halogens is 1. The highest BCUT2D eigenvalue weighted by atomic mass is 35.5. The van der Waals surface area contributed by atoms with Crippen LogP contribution in [0.25, 0.3) is 11.3 Å². The number of hydrogen-bond donors (Lipinski definition) is 0. The normalized spacial score (nSPS) is 14.2. The second kappa shape index (κ2) is 5.37. The summed E-state index contributed by atoms with van der Waals surface area (Å²) < 4.78 is 5.58. The Hall–Kier alpha value is -1.92. The zero-order valence-corrected chi connectivity index (χ0v) is 13.5. The van der Waals surface area contributed by atoms with Crippen LogP contribution in [0.4, 0.5) is 5.13 Å². The van der Waals surface area contributed by atoms with Gasteiger partial charge in [-0.15, -0.1) is 10.2 Å². The van der Waals surface area contributed by atoms with Crippen LogP contribution in [0.2, 0.25) is 5.02 Å². The number of rotatable bonds is 2. The van der Waals surface area contributed by atoms with E-state index in [1.807, 2.05) is 31.2 Å². The molecule has 22 heavy (non-hydrogen) atoms. The summed E-state index contributed by atoms with van der Waals surface area (Å²) in [5, 5.41) is 15.2. The fourth-order valence-corrected chi connectivity index (χ4v) is 3.47. The van der Waals surface area contributed by atoms with Gasteiger partial charge in [0.1, 0.15) is 10.7 Å². The van der Waals surface area contributed by atoms with Crippen molar-refractivity contribution in [2.24, 2.45) is 0 Å². The minimum atomic E-state index is 0.709. The number of aryl methyl sites for hydroxylation is 1. The Bertz CT molecular complexity index is 811. The van der Waals surface area contributed by atoms with Crippen LogP contribution in [0.3, 0.4) is 0 Å². The van der Waals surface area contributed by atoms with Crippen LogP contribution in [0, 0.1) is 6.92 Å². The molecule has 0 N–H and O–H groups in total. The molecule has 5 nitrogen and oxygen atoms in total. The third-order valence-corrected chi connectivity index (χ3v) is 4.89. The fourth-order valence-electron chi connectivity index (χ4n) is 2.64. The quantitative estimate of drug-likeness (QED) is 0.716. The van der Waals surface area contributed by atoms with Gasteiger partial charge in [0.15, 0.2) is 5.76 Å². The molecule has 0 amide bonds. The van der Waals surface area contributed by atoms with Crippen LogP contribution >= 0.6 is 22.9 Å². The molecule has 1 aliphatic heterocycles. The van der Waals surface area contributed by atoms with Gasteiger partial charge in [-0.25, -0.2) is 0 Å². The maximum absolute atomic E-state index is 5.94. The molecule has 0 radical (unpaired) electrons. The molecule has 4 rings (SSSR count). The van der Waals surface area contributed by atoms with Crippen molar-refractivity contribution in [3.05, 3.63) is 45.6 Å². The minimum Gasteiger partial charge on any atom is -0.356 e. The molecule has 0 aliphatic carbocycles. The molecule has 0 atom stereocenters. The van der Waals surface area contributed by atoms with Crippen molar-refractivity contribution in [2.45, 2.75) is 19.9 Å². The van der Waals surface area contributed by atoms with E-state index < -0.39 is 0 Å². The summed E-state index contributed by atoms with van der Waals surface area (Å²) in [6, 6.07) is 7.66. The second-order valence-corrected chi connectivity index (χ2v) is 6.82. The molecular formula is C15H13ClN4OS. The number of fused-ring (bicyclic) bond motifs is 1. The minimum absolute atomic E-state index is 0.709. The molecule has 0 saturated heterocycles. The van der Waals surface area contributed by atoms with Gasteiger partial charge in [0.2, 0.25) is 5.13 Å². The van der Waals surface area contributed by atoms with Gasteiger partial charge < -0.3 is 9.42 Å². The molecule has 0 unspecified atom stereocenters. The summed E-state index contributed by atoms with van der Waals surface area (Å²) in [4.78, 5) is 2.20. The van der Waals surface area contributed by atoms with E-state index in [4.69, 9.17) is 16.1 Å². The van der Waals surface area contributed by atoms with Crippen LogP contribution in [-0.2, 0) is 13.0 Å². The molecule has 112 valence electrons. The first kappa shape index (κ1) is 13.7. The van der Waals surface area contributed by atoms with Crippen molar-refractivity contribution in [1.29, 1.82) is 0 Å². The van der Waals surface area contributed by atoms with E-state index in [2.05, 4.69) is 20.3 Å². The summed E-state index contributed by atoms with van der Waals surface area (Å²) in [5.41, 5.74) is 3.17. The highest BCUT2D eigenvalue weighted by molar-refractivity contribution is 7.15. The third kappa shape index (κ3) is 2.38. The van der Waals surface area contributed by atoms with Gasteiger partial charge in [0.25, 0.3) is 0 Å². The molecule has 1 aromatic carbocycles. The number of hydrogen-bond acceptors (Lipinski definition) is 6. The summed E-state index contributed by atoms with van der Waals surface area (Å²) in [6.45, 7) is 3.57. The molecular weight excluding hydrogens is 320 g/mol. The fraction of sp³-hybridized carbons (Fsp3) is 0.267. The first-order chi connectivity index (χ1) is 10.7. The Labute approximate surface area is 136 Å². The van der Waals surface area contributed by atoms with Gasteiger partial charge in [0, 0.05) is 22.7 Å². The first-order valence-corrected chi connectivity index (χ1v) is 8.18. The lowest BCUT2D eigenvalue weighted by Gasteiger charge is -2.24. The highest BCUT2D eigenvalue weighted by Crippen LogP contribution is 2.33. The molecule has 3 aromatic rings. The molecule has 7 heteroatoms. The van der Waals surface area contributed by atoms with Crippen molar-refractivity contribution in [3.63, 3.8) is 0 Å². The topological polar surface area (TPSA) is 55.1 Å². The molecule has 0 saturated carbocycles. The monoisotopic (exact) mass is 332 g/mol. The van der Waals surface area contributed by atoms with E-state index in [1.165, 1.54) is 5.56 Å². The van der Waals surface area contributed by atoms with Gasteiger partial charge >= 0.3 is 0 Å². The molecule has 0 bridgehead atoms. The lowest BCUT2D eigenvalue weighted by atomic mass is 10.0. The van der Waals surface area contributed by atoms with E-state index in [0.29, 0.717) is 6.54 Å². The maximum Gasteiger partial charge on any atom is 0.208 e. The SMILES string of the molecule is Cc1nnc(N2CCc3c(noc3-c3ccc(Cl)cc3)C2)s1. The van der Waals surface area contributed by atoms with Crippen molar-refractivity contribution in [1.82, 2.24) is 15.4 Å². The zero-order valence-electron chi connectivity index (χ0n) is 11.9. The zero-order chi connectivity index (χ0) is 15.1. The lowest BCUT2D eigenvalue weighted by molar-refractivity contribution is 0.423. The Balaban J connectivity index is 1.64. The predicted molar refractivity (Wildman–Crippen MR) is 86.3 cm³/mol. The van der Waals surface area contributed by atoms with Crippen LogP contribution < -0.4 is 4.90 Å². The smallest absolute Gasteiger partial charge is 0.208 e. The van der Waals surface area contributed by atoms with E-state index in [-0.39, 0.29) is 0 Å². The summed E-state index contributed by atoms with van der Waals surface area (Å²) in [7, 11) is 0. The summed E-state index contributed by atoms with van der Waals surface area (Å²) in [5.74, 6) is 0.847. The van der Waals surface area contributed by atoms with E-state index in [1.54, 1.807) is 11.3 Å². The van der Waals surface area contributed by atoms with Crippen LogP contribution in [0.15, 0.2) is 28.8 Å². The largest absolute Gasteiger partial charge is 0.356 e. The summed E-state index contributed by atoms with van der Waals surface area (Å²) >= 11 is 7.55. The van der Waals surface area contributed by atoms with Crippen molar-refractivity contribution in [3.8, 4) is 11.3 Å². The van der Waals surface area contributed by atoms with Crippen molar-refractivity contribution < 1.29 is 4.52 Å². The van der Waals surface area contributed by atoms with Gasteiger partial charge in [-0.3, -0.25) is 0 Å². The molecule has 1 aliphatic rings. The number of aromatic nitrogens is 3. The summed E-state index contributed by atoms with van der Waals surface area (Å²) in [6.07, 6.45) is 0.884. The molecule has 2 aromatic heterocycles. The van der Waals surface area contributed by atoms with Crippen molar-refractivity contribution >= 4 is 28.1 Å². The third-order valence-electron chi connectivity index (χ3n) is 3.73. The first-order valence-electron chi connectivity index (χ1n) is 6.99. The van der Waals surface area contributed by atoms with Gasteiger partial charge in [-0.2, -0.15) is 0 Å². The van der Waals surface area contributed by atoms with Crippen LogP contribution in [0.5, 0.6) is 0 Å². The Morgan fingerprint density at radius 3 is 2.77 bits per heavy atom. The molecule has 0 fully saturated rings. The van der Waals surface area contributed by atoms with Gasteiger partial charge in [-0.05, 0) is 37.6 Å². The van der Waals surface area contributed by atoms with E-state index in [9.17, 15) is 0 Å². The average Bonchev–Trinajstić information content (AvgIpc) is 3.14. The van der Waals surface area contributed by atoms with Crippen molar-refractivity contribution in [2.75, 3.05) is 11.4 Å². The molecule has 3 heterocycles. The van der Waals surface area contributed by atoms with E-state index in [0.717, 1.165) is 45.1 Å². The Kier molecular flexibility index (Phi) is 3.35. The standard InChI is InChI=1S/C15H13ClN4OS/c1-9-17-18-15(22-9)20-7-6-12-13(8-20)19-21-14(12)10-2-4-11(16)5-3-10/h2-5H,6-8H2,1H3. The van der Waals surface area contributed by atoms with Crippen LogP contribution in [-0.4, -0.2) is 21.9 Å². The number of anilines is 1. The Morgan fingerprint density at radius 2 is 2.05 bits per heavy atom. The Morgan fingerprint density at radius 1 is 1.23 bits per heavy atom. The average molecular weight is 333 g/mol. The highest BCUT2D eigenvalue weighted by Gasteiger charge is 2.26.